The van der Waals surface area contributed by atoms with Crippen molar-refractivity contribution < 1.29 is 19.4 Å². The first-order chi connectivity index (χ1) is 8.59. The Balaban J connectivity index is 2.17. The molecule has 0 aliphatic heterocycles. The van der Waals surface area contributed by atoms with Gasteiger partial charge in [0.25, 0.3) is 0 Å². The predicted molar refractivity (Wildman–Crippen MR) is 70.7 cm³/mol. The SMILES string of the molecule is O=C(CCc1ccccc1)OCCC(S)C(=O)O. The molecular weight excluding hydrogens is 252 g/mol. The van der Waals surface area contributed by atoms with Crippen LogP contribution >= 0.6 is 12.6 Å². The van der Waals surface area contributed by atoms with E-state index in [0.717, 1.165) is 5.56 Å². The monoisotopic (exact) mass is 268 g/mol. The number of carbonyl (C=O) groups is 2. The summed E-state index contributed by atoms with van der Waals surface area (Å²) in [4.78, 5) is 21.8. The third kappa shape index (κ3) is 5.72. The zero-order valence-corrected chi connectivity index (χ0v) is 10.8. The van der Waals surface area contributed by atoms with Crippen molar-refractivity contribution in [2.75, 3.05) is 6.61 Å². The summed E-state index contributed by atoms with van der Waals surface area (Å²) in [5.41, 5.74) is 1.08. The Kier molecular flexibility index (Phi) is 6.28. The van der Waals surface area contributed by atoms with Crippen molar-refractivity contribution in [2.24, 2.45) is 0 Å². The molecule has 1 rings (SSSR count). The van der Waals surface area contributed by atoms with Crippen LogP contribution < -0.4 is 0 Å². The second kappa shape index (κ2) is 7.76. The number of carboxylic acids is 1. The van der Waals surface area contributed by atoms with Gasteiger partial charge in [0.1, 0.15) is 5.25 Å². The van der Waals surface area contributed by atoms with Crippen LogP contribution in [0.5, 0.6) is 0 Å². The van der Waals surface area contributed by atoms with Gasteiger partial charge in [0, 0.05) is 12.8 Å². The Morgan fingerprint density at radius 2 is 1.94 bits per heavy atom. The first-order valence-electron chi connectivity index (χ1n) is 5.70. The Morgan fingerprint density at radius 3 is 2.56 bits per heavy atom. The molecule has 0 heterocycles. The molecule has 1 unspecified atom stereocenters. The minimum atomic E-state index is -1.00. The number of thiol groups is 1. The highest BCUT2D eigenvalue weighted by Gasteiger charge is 2.12. The van der Waals surface area contributed by atoms with Crippen LogP contribution in [0.15, 0.2) is 30.3 Å². The number of carbonyl (C=O) groups excluding carboxylic acids is 1. The molecule has 0 spiro atoms. The van der Waals surface area contributed by atoms with E-state index in [0.29, 0.717) is 12.8 Å². The third-order valence-corrected chi connectivity index (χ3v) is 2.88. The van der Waals surface area contributed by atoms with Gasteiger partial charge in [-0.05, 0) is 12.0 Å². The standard InChI is InChI=1S/C13H16O4S/c14-12(17-9-8-11(18)13(15)16)7-6-10-4-2-1-3-5-10/h1-5,11,18H,6-9H2,(H,15,16). The first-order valence-corrected chi connectivity index (χ1v) is 6.21. The number of rotatable bonds is 7. The summed E-state index contributed by atoms with van der Waals surface area (Å²) in [6.07, 6.45) is 1.15. The minimum absolute atomic E-state index is 0.0914. The Hall–Kier alpha value is -1.49. The van der Waals surface area contributed by atoms with Gasteiger partial charge in [0.2, 0.25) is 0 Å². The van der Waals surface area contributed by atoms with Gasteiger partial charge in [-0.2, -0.15) is 12.6 Å². The van der Waals surface area contributed by atoms with E-state index in [-0.39, 0.29) is 19.0 Å². The molecule has 1 N–H and O–H groups in total. The summed E-state index contributed by atoms with van der Waals surface area (Å²) in [7, 11) is 0. The van der Waals surface area contributed by atoms with Crippen LogP contribution in [0, 0.1) is 0 Å². The normalized spacial score (nSPS) is 11.8. The third-order valence-electron chi connectivity index (χ3n) is 2.40. The highest BCUT2D eigenvalue weighted by molar-refractivity contribution is 7.81. The number of ether oxygens (including phenoxy) is 1. The molecule has 0 amide bonds. The van der Waals surface area contributed by atoms with E-state index in [4.69, 9.17) is 9.84 Å². The van der Waals surface area contributed by atoms with Crippen molar-refractivity contribution >= 4 is 24.6 Å². The van der Waals surface area contributed by atoms with E-state index in [9.17, 15) is 9.59 Å². The Labute approximate surface area is 111 Å². The topological polar surface area (TPSA) is 63.6 Å². The number of aliphatic carboxylic acids is 1. The maximum Gasteiger partial charge on any atom is 0.316 e. The number of hydrogen-bond donors (Lipinski definition) is 2. The summed E-state index contributed by atoms with van der Waals surface area (Å²) < 4.78 is 4.93. The quantitative estimate of drug-likeness (QED) is 0.586. The van der Waals surface area contributed by atoms with Crippen molar-refractivity contribution in [3.8, 4) is 0 Å². The summed E-state index contributed by atoms with van der Waals surface area (Å²) in [5, 5.41) is 7.80. The van der Waals surface area contributed by atoms with Gasteiger partial charge in [0.15, 0.2) is 0 Å². The fraction of sp³-hybridized carbons (Fsp3) is 0.385. The van der Waals surface area contributed by atoms with Gasteiger partial charge in [-0.15, -0.1) is 0 Å². The van der Waals surface area contributed by atoms with E-state index in [2.05, 4.69) is 12.6 Å². The van der Waals surface area contributed by atoms with Gasteiger partial charge >= 0.3 is 11.9 Å². The molecule has 5 heteroatoms. The Bertz CT molecular complexity index is 391. The van der Waals surface area contributed by atoms with E-state index < -0.39 is 11.2 Å². The molecule has 4 nitrogen and oxygen atoms in total. The highest BCUT2D eigenvalue weighted by atomic mass is 32.1. The van der Waals surface area contributed by atoms with E-state index in [1.807, 2.05) is 30.3 Å². The van der Waals surface area contributed by atoms with Crippen LogP contribution in [0.4, 0.5) is 0 Å². The molecular formula is C13H16O4S. The largest absolute Gasteiger partial charge is 0.480 e. The molecule has 0 aliphatic rings. The lowest BCUT2D eigenvalue weighted by atomic mass is 10.1. The Morgan fingerprint density at radius 1 is 1.28 bits per heavy atom. The summed E-state index contributed by atoms with van der Waals surface area (Å²) >= 11 is 3.85. The average molecular weight is 268 g/mol. The number of esters is 1. The molecule has 18 heavy (non-hydrogen) atoms. The van der Waals surface area contributed by atoms with Crippen molar-refractivity contribution in [1.29, 1.82) is 0 Å². The lowest BCUT2D eigenvalue weighted by molar-refractivity contribution is -0.145. The molecule has 0 fully saturated rings. The zero-order chi connectivity index (χ0) is 13.4. The van der Waals surface area contributed by atoms with Crippen molar-refractivity contribution in [2.45, 2.75) is 24.5 Å². The fourth-order valence-corrected chi connectivity index (χ4v) is 1.48. The van der Waals surface area contributed by atoms with E-state index >= 15 is 0 Å². The van der Waals surface area contributed by atoms with Crippen molar-refractivity contribution in [1.82, 2.24) is 0 Å². The average Bonchev–Trinajstić information content (AvgIpc) is 2.37. The van der Waals surface area contributed by atoms with Gasteiger partial charge in [-0.25, -0.2) is 0 Å². The van der Waals surface area contributed by atoms with Gasteiger partial charge in [0.05, 0.1) is 6.61 Å². The maximum atomic E-state index is 11.4. The van der Waals surface area contributed by atoms with E-state index in [1.54, 1.807) is 0 Å². The molecule has 0 aliphatic carbocycles. The molecule has 0 aromatic heterocycles. The predicted octanol–water partition coefficient (Wildman–Crippen LogP) is 1.94. The minimum Gasteiger partial charge on any atom is -0.480 e. The molecule has 1 aromatic rings. The van der Waals surface area contributed by atoms with Crippen LogP contribution in [-0.2, 0) is 20.7 Å². The fourth-order valence-electron chi connectivity index (χ4n) is 1.37. The van der Waals surface area contributed by atoms with Gasteiger partial charge in [-0.1, -0.05) is 30.3 Å². The number of aryl methyl sites for hydroxylation is 1. The summed E-state index contributed by atoms with van der Waals surface area (Å²) in [6.45, 7) is 0.0914. The molecule has 1 atom stereocenters. The molecule has 0 saturated heterocycles. The lowest BCUT2D eigenvalue weighted by Gasteiger charge is -2.07. The highest BCUT2D eigenvalue weighted by Crippen LogP contribution is 2.05. The molecule has 0 bridgehead atoms. The molecule has 0 radical (unpaired) electrons. The van der Waals surface area contributed by atoms with Crippen LogP contribution in [0.3, 0.4) is 0 Å². The van der Waals surface area contributed by atoms with Gasteiger partial charge in [-0.3, -0.25) is 9.59 Å². The zero-order valence-electron chi connectivity index (χ0n) is 9.91. The van der Waals surface area contributed by atoms with E-state index in [1.165, 1.54) is 0 Å². The maximum absolute atomic E-state index is 11.4. The molecule has 1 aromatic carbocycles. The second-order valence-corrected chi connectivity index (χ2v) is 4.47. The molecule has 0 saturated carbocycles. The van der Waals surface area contributed by atoms with Crippen LogP contribution in [0.25, 0.3) is 0 Å². The summed E-state index contributed by atoms with van der Waals surface area (Å²) in [6, 6.07) is 9.64. The summed E-state index contributed by atoms with van der Waals surface area (Å²) in [5.74, 6) is -1.32. The van der Waals surface area contributed by atoms with Crippen molar-refractivity contribution in [3.05, 3.63) is 35.9 Å². The van der Waals surface area contributed by atoms with Crippen LogP contribution in [0.1, 0.15) is 18.4 Å². The van der Waals surface area contributed by atoms with Crippen molar-refractivity contribution in [3.63, 3.8) is 0 Å². The number of hydrogen-bond acceptors (Lipinski definition) is 4. The lowest BCUT2D eigenvalue weighted by Crippen LogP contribution is -2.17. The second-order valence-electron chi connectivity index (χ2n) is 3.85. The first kappa shape index (κ1) is 14.6. The number of carboxylic acid groups (broad SMARTS) is 1. The smallest absolute Gasteiger partial charge is 0.316 e. The van der Waals surface area contributed by atoms with Crippen LogP contribution in [0.2, 0.25) is 0 Å². The van der Waals surface area contributed by atoms with Crippen LogP contribution in [-0.4, -0.2) is 28.9 Å². The number of benzene rings is 1. The molecule has 98 valence electrons. The van der Waals surface area contributed by atoms with Gasteiger partial charge < -0.3 is 9.84 Å².